The molecule has 1 aliphatic rings. The maximum atomic E-state index is 11.5. The van der Waals surface area contributed by atoms with Gasteiger partial charge >= 0.3 is 11.9 Å². The molecule has 0 amide bonds. The highest BCUT2D eigenvalue weighted by Gasteiger charge is 2.15. The van der Waals surface area contributed by atoms with Crippen LogP contribution >= 0.6 is 0 Å². The maximum absolute atomic E-state index is 11.5. The van der Waals surface area contributed by atoms with E-state index in [2.05, 4.69) is 0 Å². The third-order valence-corrected chi connectivity index (χ3v) is 3.54. The van der Waals surface area contributed by atoms with Crippen molar-refractivity contribution in [1.29, 1.82) is 0 Å². The van der Waals surface area contributed by atoms with Gasteiger partial charge in [-0.3, -0.25) is 9.59 Å². The number of carbonyl (C=O) groups excluding carboxylic acids is 2. The van der Waals surface area contributed by atoms with Gasteiger partial charge in [-0.25, -0.2) is 0 Å². The first-order valence-corrected chi connectivity index (χ1v) is 7.64. The average molecular weight is 282 g/mol. The molecule has 0 aromatic carbocycles. The van der Waals surface area contributed by atoms with E-state index < -0.39 is 0 Å². The molecule has 0 spiro atoms. The fraction of sp³-hybridized carbons (Fsp3) is 0.750. The second kappa shape index (κ2) is 10.5. The lowest BCUT2D eigenvalue weighted by molar-refractivity contribution is -0.146. The Balaban J connectivity index is 2.00. The van der Waals surface area contributed by atoms with Gasteiger partial charge < -0.3 is 9.47 Å². The van der Waals surface area contributed by atoms with E-state index in [0.29, 0.717) is 32.0 Å². The van der Waals surface area contributed by atoms with Gasteiger partial charge in [-0.2, -0.15) is 0 Å². The third-order valence-electron chi connectivity index (χ3n) is 3.54. The van der Waals surface area contributed by atoms with E-state index in [1.54, 1.807) is 6.08 Å². The summed E-state index contributed by atoms with van der Waals surface area (Å²) in [6, 6.07) is 0. The van der Waals surface area contributed by atoms with Crippen LogP contribution in [0.5, 0.6) is 0 Å². The monoisotopic (exact) mass is 282 g/mol. The molecule has 114 valence electrons. The van der Waals surface area contributed by atoms with Gasteiger partial charge in [0.15, 0.2) is 0 Å². The number of hydrogen-bond acceptors (Lipinski definition) is 4. The Morgan fingerprint density at radius 2 is 1.70 bits per heavy atom. The second-order valence-corrected chi connectivity index (χ2v) is 5.29. The Hall–Kier alpha value is -1.32. The number of esters is 2. The molecular formula is C16H26O4. The minimum Gasteiger partial charge on any atom is -0.465 e. The molecule has 1 fully saturated rings. The van der Waals surface area contributed by atoms with Crippen LogP contribution in [0.3, 0.4) is 0 Å². The first kappa shape index (κ1) is 16.7. The maximum Gasteiger partial charge on any atom is 0.306 e. The summed E-state index contributed by atoms with van der Waals surface area (Å²) in [4.78, 5) is 22.8. The quantitative estimate of drug-likeness (QED) is 0.506. The number of allylic oxidation sites excluding steroid dienone is 1. The average Bonchev–Trinajstić information content (AvgIpc) is 2.46. The van der Waals surface area contributed by atoms with Crippen molar-refractivity contribution in [3.05, 3.63) is 12.2 Å². The van der Waals surface area contributed by atoms with Crippen molar-refractivity contribution in [2.75, 3.05) is 13.2 Å². The van der Waals surface area contributed by atoms with E-state index in [9.17, 15) is 9.59 Å². The summed E-state index contributed by atoms with van der Waals surface area (Å²) in [5.74, 6) is 0.0819. The molecule has 4 heteroatoms. The van der Waals surface area contributed by atoms with Crippen molar-refractivity contribution < 1.29 is 19.1 Å². The van der Waals surface area contributed by atoms with Gasteiger partial charge in [0.2, 0.25) is 0 Å². The highest BCUT2D eigenvalue weighted by atomic mass is 16.5. The number of rotatable bonds is 8. The molecule has 4 nitrogen and oxygen atoms in total. The molecule has 0 radical (unpaired) electrons. The van der Waals surface area contributed by atoms with Crippen LogP contribution in [0.2, 0.25) is 0 Å². The van der Waals surface area contributed by atoms with Crippen LogP contribution in [-0.4, -0.2) is 25.2 Å². The molecule has 20 heavy (non-hydrogen) atoms. The summed E-state index contributed by atoms with van der Waals surface area (Å²) >= 11 is 0. The molecule has 0 aliphatic heterocycles. The van der Waals surface area contributed by atoms with E-state index in [4.69, 9.17) is 9.47 Å². The molecule has 1 saturated carbocycles. The van der Waals surface area contributed by atoms with Gasteiger partial charge in [-0.05, 0) is 32.1 Å². The molecule has 0 aromatic heterocycles. The van der Waals surface area contributed by atoms with Gasteiger partial charge in [-0.15, -0.1) is 0 Å². The largest absolute Gasteiger partial charge is 0.465 e. The molecule has 0 heterocycles. The Kier molecular flexibility index (Phi) is 8.76. The predicted octanol–water partition coefficient (Wildman–Crippen LogP) is 3.40. The van der Waals surface area contributed by atoms with Crippen LogP contribution in [0.25, 0.3) is 0 Å². The Morgan fingerprint density at radius 1 is 1.05 bits per heavy atom. The summed E-state index contributed by atoms with van der Waals surface area (Å²) in [6.07, 6.45) is 10.8. The van der Waals surface area contributed by atoms with E-state index in [1.807, 2.05) is 13.0 Å². The van der Waals surface area contributed by atoms with E-state index >= 15 is 0 Å². The van der Waals surface area contributed by atoms with Crippen LogP contribution in [0, 0.1) is 5.92 Å². The summed E-state index contributed by atoms with van der Waals surface area (Å²) in [5, 5.41) is 0. The Bertz CT molecular complexity index is 316. The smallest absolute Gasteiger partial charge is 0.306 e. The molecule has 0 aromatic rings. The lowest BCUT2D eigenvalue weighted by Crippen LogP contribution is -2.16. The SMILES string of the molecule is C/C=C/COC(=O)CCCC(=O)OCC1CCCCC1. The number of hydrogen-bond donors (Lipinski definition) is 0. The van der Waals surface area contributed by atoms with Crippen LogP contribution in [0.15, 0.2) is 12.2 Å². The summed E-state index contributed by atoms with van der Waals surface area (Å²) < 4.78 is 10.2. The molecule has 1 rings (SSSR count). The second-order valence-electron chi connectivity index (χ2n) is 5.29. The van der Waals surface area contributed by atoms with Crippen molar-refractivity contribution in [1.82, 2.24) is 0 Å². The van der Waals surface area contributed by atoms with Crippen LogP contribution in [-0.2, 0) is 19.1 Å². The standard InChI is InChI=1S/C16H26O4/c1-2-3-12-19-15(17)10-7-11-16(18)20-13-14-8-5-4-6-9-14/h2-3,14H,4-13H2,1H3/b3-2+. The van der Waals surface area contributed by atoms with Crippen molar-refractivity contribution in [2.24, 2.45) is 5.92 Å². The molecular weight excluding hydrogens is 256 g/mol. The molecule has 1 aliphatic carbocycles. The topological polar surface area (TPSA) is 52.6 Å². The number of carbonyl (C=O) groups is 2. The lowest BCUT2D eigenvalue weighted by atomic mass is 9.90. The fourth-order valence-corrected chi connectivity index (χ4v) is 2.32. The van der Waals surface area contributed by atoms with Crippen molar-refractivity contribution in [3.8, 4) is 0 Å². The first-order chi connectivity index (χ1) is 9.72. The molecule has 0 N–H and O–H groups in total. The van der Waals surface area contributed by atoms with Gasteiger partial charge in [0, 0.05) is 12.8 Å². The van der Waals surface area contributed by atoms with Crippen LogP contribution in [0.4, 0.5) is 0 Å². The molecule has 0 atom stereocenters. The number of ether oxygens (including phenoxy) is 2. The highest BCUT2D eigenvalue weighted by Crippen LogP contribution is 2.23. The van der Waals surface area contributed by atoms with Crippen molar-refractivity contribution in [3.63, 3.8) is 0 Å². The van der Waals surface area contributed by atoms with Gasteiger partial charge in [0.1, 0.15) is 6.61 Å². The fourth-order valence-electron chi connectivity index (χ4n) is 2.32. The summed E-state index contributed by atoms with van der Waals surface area (Å²) in [5.41, 5.74) is 0. The summed E-state index contributed by atoms with van der Waals surface area (Å²) in [7, 11) is 0. The molecule has 0 saturated heterocycles. The van der Waals surface area contributed by atoms with Crippen LogP contribution in [0.1, 0.15) is 58.3 Å². The van der Waals surface area contributed by atoms with Crippen molar-refractivity contribution in [2.45, 2.75) is 58.3 Å². The Labute approximate surface area is 121 Å². The van der Waals surface area contributed by atoms with E-state index in [-0.39, 0.29) is 18.4 Å². The molecule has 0 unspecified atom stereocenters. The van der Waals surface area contributed by atoms with Gasteiger partial charge in [0.25, 0.3) is 0 Å². The minimum atomic E-state index is -0.261. The van der Waals surface area contributed by atoms with Gasteiger partial charge in [0.05, 0.1) is 6.61 Å². The Morgan fingerprint density at radius 3 is 2.35 bits per heavy atom. The lowest BCUT2D eigenvalue weighted by Gasteiger charge is -2.20. The van der Waals surface area contributed by atoms with E-state index in [1.165, 1.54) is 32.1 Å². The van der Waals surface area contributed by atoms with Gasteiger partial charge in [-0.1, -0.05) is 31.4 Å². The predicted molar refractivity (Wildman–Crippen MR) is 77.2 cm³/mol. The summed E-state index contributed by atoms with van der Waals surface area (Å²) in [6.45, 7) is 2.72. The zero-order chi connectivity index (χ0) is 14.6. The zero-order valence-electron chi connectivity index (χ0n) is 12.4. The minimum absolute atomic E-state index is 0.197. The third kappa shape index (κ3) is 7.97. The zero-order valence-corrected chi connectivity index (χ0v) is 12.4. The molecule has 0 bridgehead atoms. The van der Waals surface area contributed by atoms with Crippen LogP contribution < -0.4 is 0 Å². The normalized spacial score (nSPS) is 16.2. The van der Waals surface area contributed by atoms with Crippen molar-refractivity contribution >= 4 is 11.9 Å². The van der Waals surface area contributed by atoms with E-state index in [0.717, 1.165) is 0 Å². The highest BCUT2D eigenvalue weighted by molar-refractivity contribution is 5.72. The first-order valence-electron chi connectivity index (χ1n) is 7.64.